The van der Waals surface area contributed by atoms with Crippen molar-refractivity contribution in [3.8, 4) is 0 Å². The van der Waals surface area contributed by atoms with E-state index in [0.29, 0.717) is 6.54 Å². The number of rotatable bonds is 7. The Kier molecular flexibility index (Phi) is 4.64. The molecule has 0 aromatic carbocycles. The quantitative estimate of drug-likeness (QED) is 0.803. The van der Waals surface area contributed by atoms with Crippen LogP contribution in [0.25, 0.3) is 0 Å². The standard InChI is InChI=1S/C12H18F3N3O2S/c1-2-16-6-10-5-11(7-18(10)9-3-4-9)21(19,20)17-8-12(13,14)15/h5,7,9,16-17H,2-4,6,8H2,1H3. The predicted molar refractivity (Wildman–Crippen MR) is 71.3 cm³/mol. The minimum Gasteiger partial charge on any atom is -0.346 e. The third-order valence-corrected chi connectivity index (χ3v) is 4.54. The molecule has 1 aliphatic carbocycles. The first kappa shape index (κ1) is 16.3. The highest BCUT2D eigenvalue weighted by molar-refractivity contribution is 7.89. The molecule has 2 rings (SSSR count). The van der Waals surface area contributed by atoms with Crippen LogP contribution in [0.5, 0.6) is 0 Å². The third kappa shape index (κ3) is 4.45. The maximum absolute atomic E-state index is 12.1. The van der Waals surface area contributed by atoms with Crippen molar-refractivity contribution in [1.82, 2.24) is 14.6 Å². The smallest absolute Gasteiger partial charge is 0.346 e. The van der Waals surface area contributed by atoms with Crippen LogP contribution >= 0.6 is 0 Å². The maximum atomic E-state index is 12.1. The molecule has 1 aromatic heterocycles. The van der Waals surface area contributed by atoms with E-state index in [-0.39, 0.29) is 10.9 Å². The molecule has 0 unspecified atom stereocenters. The number of sulfonamides is 1. The Morgan fingerprint density at radius 2 is 2.05 bits per heavy atom. The van der Waals surface area contributed by atoms with Crippen LogP contribution in [0.1, 0.15) is 31.5 Å². The predicted octanol–water partition coefficient (Wildman–Crippen LogP) is 1.77. The van der Waals surface area contributed by atoms with Crippen molar-refractivity contribution in [1.29, 1.82) is 0 Å². The second kappa shape index (κ2) is 5.98. The second-order valence-corrected chi connectivity index (χ2v) is 6.79. The van der Waals surface area contributed by atoms with Gasteiger partial charge in [0.1, 0.15) is 6.54 Å². The molecular formula is C12H18F3N3O2S. The van der Waals surface area contributed by atoms with Crippen LogP contribution in [0.3, 0.4) is 0 Å². The fourth-order valence-electron chi connectivity index (χ4n) is 1.99. The summed E-state index contributed by atoms with van der Waals surface area (Å²) in [5, 5.41) is 3.09. The summed E-state index contributed by atoms with van der Waals surface area (Å²) in [5.74, 6) is 0. The summed E-state index contributed by atoms with van der Waals surface area (Å²) in [6.07, 6.45) is -1.23. The molecule has 5 nitrogen and oxygen atoms in total. The number of nitrogens with zero attached hydrogens (tertiary/aromatic N) is 1. The number of hydrogen-bond donors (Lipinski definition) is 2. The molecule has 0 saturated heterocycles. The van der Waals surface area contributed by atoms with Crippen LogP contribution in [0, 0.1) is 0 Å². The highest BCUT2D eigenvalue weighted by Crippen LogP contribution is 2.37. The molecule has 1 aliphatic rings. The lowest BCUT2D eigenvalue weighted by molar-refractivity contribution is -0.121. The molecule has 0 bridgehead atoms. The molecule has 1 heterocycles. The van der Waals surface area contributed by atoms with Gasteiger partial charge in [0.05, 0.1) is 4.90 Å². The van der Waals surface area contributed by atoms with Crippen molar-refractivity contribution in [2.75, 3.05) is 13.1 Å². The van der Waals surface area contributed by atoms with Gasteiger partial charge in [-0.2, -0.15) is 13.2 Å². The zero-order valence-electron chi connectivity index (χ0n) is 11.6. The van der Waals surface area contributed by atoms with Crippen molar-refractivity contribution < 1.29 is 21.6 Å². The minimum atomic E-state index is -4.57. The van der Waals surface area contributed by atoms with E-state index in [1.54, 1.807) is 4.72 Å². The molecule has 2 N–H and O–H groups in total. The summed E-state index contributed by atoms with van der Waals surface area (Å²) >= 11 is 0. The molecule has 1 fully saturated rings. The highest BCUT2D eigenvalue weighted by atomic mass is 32.2. The van der Waals surface area contributed by atoms with Crippen molar-refractivity contribution in [3.05, 3.63) is 18.0 Å². The van der Waals surface area contributed by atoms with Gasteiger partial charge < -0.3 is 9.88 Å². The maximum Gasteiger partial charge on any atom is 0.402 e. The van der Waals surface area contributed by atoms with E-state index < -0.39 is 22.7 Å². The molecule has 0 radical (unpaired) electrons. The van der Waals surface area contributed by atoms with Gasteiger partial charge >= 0.3 is 6.18 Å². The van der Waals surface area contributed by atoms with Gasteiger partial charge in [0.25, 0.3) is 0 Å². The zero-order valence-corrected chi connectivity index (χ0v) is 12.4. The zero-order chi connectivity index (χ0) is 15.7. The van der Waals surface area contributed by atoms with Crippen molar-refractivity contribution in [2.45, 2.75) is 43.4 Å². The average molecular weight is 325 g/mol. The molecule has 0 atom stereocenters. The highest BCUT2D eigenvalue weighted by Gasteiger charge is 2.32. The summed E-state index contributed by atoms with van der Waals surface area (Å²) in [4.78, 5) is -0.119. The monoisotopic (exact) mass is 325 g/mol. The van der Waals surface area contributed by atoms with Gasteiger partial charge in [-0.15, -0.1) is 0 Å². The van der Waals surface area contributed by atoms with Crippen molar-refractivity contribution >= 4 is 10.0 Å². The molecule has 21 heavy (non-hydrogen) atoms. The van der Waals surface area contributed by atoms with Gasteiger partial charge in [0, 0.05) is 24.5 Å². The van der Waals surface area contributed by atoms with E-state index in [1.165, 1.54) is 12.3 Å². The summed E-state index contributed by atoms with van der Waals surface area (Å²) in [7, 11) is -4.14. The molecular weight excluding hydrogens is 307 g/mol. The number of halogens is 3. The van der Waals surface area contributed by atoms with Gasteiger partial charge in [-0.25, -0.2) is 13.1 Å². The summed E-state index contributed by atoms with van der Waals surface area (Å²) in [6, 6.07) is 1.69. The number of alkyl halides is 3. The second-order valence-electron chi connectivity index (χ2n) is 5.03. The first-order chi connectivity index (χ1) is 9.73. The number of hydrogen-bond acceptors (Lipinski definition) is 3. The number of aromatic nitrogens is 1. The van der Waals surface area contributed by atoms with Gasteiger partial charge in [-0.3, -0.25) is 0 Å². The fourth-order valence-corrected chi connectivity index (χ4v) is 3.06. The van der Waals surface area contributed by atoms with Crippen LogP contribution < -0.4 is 10.0 Å². The van der Waals surface area contributed by atoms with Gasteiger partial charge in [-0.1, -0.05) is 6.92 Å². The first-order valence-corrected chi connectivity index (χ1v) is 8.19. The molecule has 9 heteroatoms. The molecule has 0 aliphatic heterocycles. The average Bonchev–Trinajstić information content (AvgIpc) is 3.13. The Bertz CT molecular complexity index is 591. The van der Waals surface area contributed by atoms with Crippen LogP contribution in [-0.4, -0.2) is 32.3 Å². The molecule has 120 valence electrons. The molecule has 1 saturated carbocycles. The Labute approximate surface area is 121 Å². The normalized spacial score (nSPS) is 16.4. The van der Waals surface area contributed by atoms with E-state index in [1.807, 2.05) is 11.5 Å². The molecule has 0 amide bonds. The van der Waals surface area contributed by atoms with Crippen LogP contribution in [0.2, 0.25) is 0 Å². The topological polar surface area (TPSA) is 63.1 Å². The minimum absolute atomic E-state index is 0.119. The van der Waals surface area contributed by atoms with Crippen LogP contribution in [-0.2, 0) is 16.6 Å². The summed E-state index contributed by atoms with van der Waals surface area (Å²) < 4.78 is 63.7. The third-order valence-electron chi connectivity index (χ3n) is 3.18. The number of nitrogens with one attached hydrogen (secondary N) is 2. The Hall–Kier alpha value is -1.06. The Morgan fingerprint density at radius 1 is 1.38 bits per heavy atom. The first-order valence-electron chi connectivity index (χ1n) is 6.71. The van der Waals surface area contributed by atoms with E-state index in [2.05, 4.69) is 5.32 Å². The van der Waals surface area contributed by atoms with Crippen LogP contribution in [0.15, 0.2) is 17.2 Å². The lowest BCUT2D eigenvalue weighted by Crippen LogP contribution is -2.33. The van der Waals surface area contributed by atoms with Gasteiger partial charge in [0.15, 0.2) is 0 Å². The SMILES string of the molecule is CCNCc1cc(S(=O)(=O)NCC(F)(F)F)cn1C1CC1. The Balaban J connectivity index is 2.18. The van der Waals surface area contributed by atoms with Crippen LogP contribution in [0.4, 0.5) is 13.2 Å². The molecule has 0 spiro atoms. The van der Waals surface area contributed by atoms with E-state index in [4.69, 9.17) is 0 Å². The van der Waals surface area contributed by atoms with E-state index in [0.717, 1.165) is 25.1 Å². The summed E-state index contributed by atoms with van der Waals surface area (Å²) in [6.45, 7) is 1.57. The van der Waals surface area contributed by atoms with Crippen molar-refractivity contribution in [3.63, 3.8) is 0 Å². The lowest BCUT2D eigenvalue weighted by Gasteiger charge is -2.08. The largest absolute Gasteiger partial charge is 0.402 e. The Morgan fingerprint density at radius 3 is 2.57 bits per heavy atom. The summed E-state index contributed by atoms with van der Waals surface area (Å²) in [5.41, 5.74) is 0.770. The molecule has 1 aromatic rings. The van der Waals surface area contributed by atoms with Gasteiger partial charge in [-0.05, 0) is 25.5 Å². The van der Waals surface area contributed by atoms with E-state index >= 15 is 0 Å². The van der Waals surface area contributed by atoms with E-state index in [9.17, 15) is 21.6 Å². The van der Waals surface area contributed by atoms with Crippen molar-refractivity contribution in [2.24, 2.45) is 0 Å². The lowest BCUT2D eigenvalue weighted by atomic mass is 10.4. The fraction of sp³-hybridized carbons (Fsp3) is 0.667. The van der Waals surface area contributed by atoms with Gasteiger partial charge in [0.2, 0.25) is 10.0 Å².